The van der Waals surface area contributed by atoms with Gasteiger partial charge in [0.2, 0.25) is 5.82 Å². The predicted molar refractivity (Wildman–Crippen MR) is 76.9 cm³/mol. The third-order valence-corrected chi connectivity index (χ3v) is 3.35. The molecule has 1 aromatic carbocycles. The summed E-state index contributed by atoms with van der Waals surface area (Å²) in [6, 6.07) is 6.46. The van der Waals surface area contributed by atoms with Crippen molar-refractivity contribution in [2.75, 3.05) is 0 Å². The van der Waals surface area contributed by atoms with Crippen LogP contribution in [0.15, 0.2) is 18.3 Å². The molecule has 0 aliphatic carbocycles. The molecule has 0 unspecified atom stereocenters. The van der Waals surface area contributed by atoms with E-state index >= 15 is 0 Å². The normalized spacial score (nSPS) is 11.4. The molecule has 2 rings (SSSR count). The van der Waals surface area contributed by atoms with Gasteiger partial charge in [-0.25, -0.2) is 4.98 Å². The molecule has 3 heteroatoms. The van der Waals surface area contributed by atoms with Crippen molar-refractivity contribution in [1.29, 1.82) is 5.26 Å². The summed E-state index contributed by atoms with van der Waals surface area (Å²) in [6.07, 6.45) is 1.73. The zero-order valence-electron chi connectivity index (χ0n) is 12.1. The number of aryl methyl sites for hydroxylation is 2. The van der Waals surface area contributed by atoms with Gasteiger partial charge in [0.25, 0.3) is 0 Å². The van der Waals surface area contributed by atoms with Crippen LogP contribution in [0.3, 0.4) is 0 Å². The van der Waals surface area contributed by atoms with Crippen molar-refractivity contribution in [3.63, 3.8) is 0 Å². The molecule has 1 N–H and O–H groups in total. The maximum atomic E-state index is 8.84. The van der Waals surface area contributed by atoms with Gasteiger partial charge in [0, 0.05) is 5.56 Å². The molecule has 19 heavy (non-hydrogen) atoms. The molecule has 0 fully saturated rings. The number of rotatable bonds is 1. The average Bonchev–Trinajstić information content (AvgIpc) is 2.75. The molecule has 98 valence electrons. The van der Waals surface area contributed by atoms with Crippen LogP contribution in [-0.4, -0.2) is 9.97 Å². The van der Waals surface area contributed by atoms with Crippen molar-refractivity contribution in [2.45, 2.75) is 40.0 Å². The molecule has 0 bridgehead atoms. The number of aromatic nitrogens is 2. The second-order valence-electron chi connectivity index (χ2n) is 5.99. The van der Waals surface area contributed by atoms with E-state index < -0.39 is 0 Å². The fourth-order valence-electron chi connectivity index (χ4n) is 2.33. The number of aromatic amines is 1. The second-order valence-corrected chi connectivity index (χ2v) is 5.99. The van der Waals surface area contributed by atoms with Crippen molar-refractivity contribution in [3.05, 3.63) is 40.8 Å². The summed E-state index contributed by atoms with van der Waals surface area (Å²) >= 11 is 0. The van der Waals surface area contributed by atoms with Gasteiger partial charge in [0.1, 0.15) is 6.07 Å². The van der Waals surface area contributed by atoms with Crippen LogP contribution in [0.25, 0.3) is 11.3 Å². The van der Waals surface area contributed by atoms with E-state index in [0.29, 0.717) is 5.82 Å². The molecule has 0 atom stereocenters. The fraction of sp³-hybridized carbons (Fsp3) is 0.375. The standard InChI is InChI=1S/C16H19N3/c1-10-6-12(16(3,4)5)7-11(2)15(10)13-9-18-14(8-17)19-13/h6-7,9H,1-5H3,(H,18,19). The number of nitriles is 1. The van der Waals surface area contributed by atoms with E-state index in [1.807, 2.05) is 6.07 Å². The van der Waals surface area contributed by atoms with E-state index in [1.54, 1.807) is 6.20 Å². The maximum Gasteiger partial charge on any atom is 0.210 e. The van der Waals surface area contributed by atoms with Gasteiger partial charge in [-0.15, -0.1) is 0 Å². The van der Waals surface area contributed by atoms with Gasteiger partial charge in [0.05, 0.1) is 11.9 Å². The Balaban J connectivity index is 2.57. The molecule has 0 spiro atoms. The van der Waals surface area contributed by atoms with Crippen molar-refractivity contribution in [2.24, 2.45) is 0 Å². The molecule has 0 saturated heterocycles. The SMILES string of the molecule is Cc1cc(C(C)(C)C)cc(C)c1-c1cnc(C#N)[nH]1. The van der Waals surface area contributed by atoms with Gasteiger partial charge >= 0.3 is 0 Å². The van der Waals surface area contributed by atoms with E-state index in [-0.39, 0.29) is 5.41 Å². The van der Waals surface area contributed by atoms with E-state index in [9.17, 15) is 0 Å². The van der Waals surface area contributed by atoms with Gasteiger partial charge in [-0.1, -0.05) is 32.9 Å². The number of hydrogen-bond donors (Lipinski definition) is 1. The lowest BCUT2D eigenvalue weighted by Gasteiger charge is -2.22. The Labute approximate surface area is 114 Å². The van der Waals surface area contributed by atoms with Crippen LogP contribution in [0.5, 0.6) is 0 Å². The first-order valence-electron chi connectivity index (χ1n) is 6.40. The Bertz CT molecular complexity index is 628. The molecule has 0 aliphatic heterocycles. The Morgan fingerprint density at radius 3 is 2.16 bits per heavy atom. The van der Waals surface area contributed by atoms with Gasteiger partial charge in [0.15, 0.2) is 0 Å². The summed E-state index contributed by atoms with van der Waals surface area (Å²) in [7, 11) is 0. The minimum Gasteiger partial charge on any atom is -0.329 e. The largest absolute Gasteiger partial charge is 0.329 e. The van der Waals surface area contributed by atoms with Gasteiger partial charge < -0.3 is 4.98 Å². The lowest BCUT2D eigenvalue weighted by atomic mass is 9.83. The Morgan fingerprint density at radius 1 is 1.16 bits per heavy atom. The quantitative estimate of drug-likeness (QED) is 0.839. The predicted octanol–water partition coefficient (Wildman–Crippen LogP) is 3.86. The zero-order valence-corrected chi connectivity index (χ0v) is 12.1. The summed E-state index contributed by atoms with van der Waals surface area (Å²) in [5.41, 5.74) is 5.93. The van der Waals surface area contributed by atoms with Crippen LogP contribution < -0.4 is 0 Å². The van der Waals surface area contributed by atoms with Crippen LogP contribution >= 0.6 is 0 Å². The highest BCUT2D eigenvalue weighted by Crippen LogP contribution is 2.31. The van der Waals surface area contributed by atoms with E-state index in [0.717, 1.165) is 11.3 Å². The van der Waals surface area contributed by atoms with E-state index in [4.69, 9.17) is 5.26 Å². The Morgan fingerprint density at radius 2 is 1.74 bits per heavy atom. The van der Waals surface area contributed by atoms with Crippen LogP contribution in [0.4, 0.5) is 0 Å². The maximum absolute atomic E-state index is 8.84. The first-order valence-corrected chi connectivity index (χ1v) is 6.40. The number of imidazole rings is 1. The second kappa shape index (κ2) is 4.55. The van der Waals surface area contributed by atoms with Crippen molar-refractivity contribution in [1.82, 2.24) is 9.97 Å². The van der Waals surface area contributed by atoms with Crippen LogP contribution in [0.2, 0.25) is 0 Å². The molecule has 0 radical (unpaired) electrons. The summed E-state index contributed by atoms with van der Waals surface area (Å²) in [6.45, 7) is 10.8. The first-order chi connectivity index (χ1) is 8.82. The minimum atomic E-state index is 0.139. The Hall–Kier alpha value is -2.08. The number of nitrogens with zero attached hydrogens (tertiary/aromatic N) is 2. The third kappa shape index (κ3) is 2.53. The molecule has 3 nitrogen and oxygen atoms in total. The van der Waals surface area contributed by atoms with Crippen LogP contribution in [0, 0.1) is 25.2 Å². The number of nitrogens with one attached hydrogen (secondary N) is 1. The molecule has 0 amide bonds. The summed E-state index contributed by atoms with van der Waals surface area (Å²) in [5.74, 6) is 0.355. The van der Waals surface area contributed by atoms with Crippen molar-refractivity contribution < 1.29 is 0 Å². The summed E-state index contributed by atoms with van der Waals surface area (Å²) < 4.78 is 0. The molecule has 1 heterocycles. The highest BCUT2D eigenvalue weighted by Gasteiger charge is 2.17. The Kier molecular flexibility index (Phi) is 3.20. The number of H-pyrrole nitrogens is 1. The molecular weight excluding hydrogens is 234 g/mol. The topological polar surface area (TPSA) is 52.5 Å². The highest BCUT2D eigenvalue weighted by molar-refractivity contribution is 5.68. The zero-order chi connectivity index (χ0) is 14.2. The molecule has 1 aromatic heterocycles. The smallest absolute Gasteiger partial charge is 0.210 e. The van der Waals surface area contributed by atoms with Gasteiger partial charge in [-0.3, -0.25) is 0 Å². The monoisotopic (exact) mass is 253 g/mol. The molecule has 0 saturated carbocycles. The molecular formula is C16H19N3. The van der Waals surface area contributed by atoms with E-state index in [1.165, 1.54) is 16.7 Å². The van der Waals surface area contributed by atoms with Crippen molar-refractivity contribution >= 4 is 0 Å². The highest BCUT2D eigenvalue weighted by atomic mass is 14.9. The fourth-order valence-corrected chi connectivity index (χ4v) is 2.33. The minimum absolute atomic E-state index is 0.139. The van der Waals surface area contributed by atoms with Gasteiger partial charge in [-0.2, -0.15) is 5.26 Å². The van der Waals surface area contributed by atoms with Crippen LogP contribution in [0.1, 0.15) is 43.3 Å². The van der Waals surface area contributed by atoms with E-state index in [2.05, 4.69) is 56.7 Å². The number of benzene rings is 1. The molecule has 0 aliphatic rings. The summed E-state index contributed by atoms with van der Waals surface area (Å²) in [4.78, 5) is 7.09. The molecule has 2 aromatic rings. The van der Waals surface area contributed by atoms with Crippen LogP contribution in [-0.2, 0) is 5.41 Å². The van der Waals surface area contributed by atoms with Crippen molar-refractivity contribution in [3.8, 4) is 17.3 Å². The summed E-state index contributed by atoms with van der Waals surface area (Å²) in [5, 5.41) is 8.84. The lowest BCUT2D eigenvalue weighted by molar-refractivity contribution is 0.589. The lowest BCUT2D eigenvalue weighted by Crippen LogP contribution is -2.12. The first kappa shape index (κ1) is 13.4. The average molecular weight is 253 g/mol. The van der Waals surface area contributed by atoms with Gasteiger partial charge in [-0.05, 0) is 36.0 Å². The number of hydrogen-bond acceptors (Lipinski definition) is 2. The third-order valence-electron chi connectivity index (χ3n) is 3.35.